The van der Waals surface area contributed by atoms with Crippen LogP contribution in [0.5, 0.6) is 0 Å². The number of rotatable bonds is 2. The minimum atomic E-state index is -0.374. The Kier molecular flexibility index (Phi) is 3.23. The lowest BCUT2D eigenvalue weighted by atomic mass is 10.0. The van der Waals surface area contributed by atoms with Gasteiger partial charge in [-0.3, -0.25) is 4.98 Å². The standard InChI is InChI=1S/C14H9BrFN3O/c15-12-9(4-1-5-10(12)16)13-11(14(17)20-19-13)8-3-2-6-18-7-8/h1-7H,17H2. The normalized spacial score (nSPS) is 10.7. The topological polar surface area (TPSA) is 64.9 Å². The van der Waals surface area contributed by atoms with Crippen LogP contribution >= 0.6 is 15.9 Å². The quantitative estimate of drug-likeness (QED) is 0.772. The smallest absolute Gasteiger partial charge is 0.230 e. The van der Waals surface area contributed by atoms with Gasteiger partial charge in [0, 0.05) is 23.5 Å². The van der Waals surface area contributed by atoms with E-state index in [1.54, 1.807) is 30.6 Å². The molecule has 1 aromatic carbocycles. The highest BCUT2D eigenvalue weighted by atomic mass is 79.9. The zero-order chi connectivity index (χ0) is 14.1. The Morgan fingerprint density at radius 2 is 2.05 bits per heavy atom. The van der Waals surface area contributed by atoms with E-state index in [0.717, 1.165) is 5.56 Å². The summed E-state index contributed by atoms with van der Waals surface area (Å²) in [4.78, 5) is 4.05. The zero-order valence-electron chi connectivity index (χ0n) is 10.2. The maximum Gasteiger partial charge on any atom is 0.230 e. The van der Waals surface area contributed by atoms with Gasteiger partial charge >= 0.3 is 0 Å². The fourth-order valence-electron chi connectivity index (χ4n) is 1.96. The molecule has 0 aliphatic rings. The van der Waals surface area contributed by atoms with Crippen LogP contribution in [0.2, 0.25) is 0 Å². The number of pyridine rings is 1. The summed E-state index contributed by atoms with van der Waals surface area (Å²) in [5.41, 5.74) is 8.24. The third kappa shape index (κ3) is 2.08. The largest absolute Gasteiger partial charge is 0.367 e. The molecule has 3 aromatic rings. The Labute approximate surface area is 122 Å². The fourth-order valence-corrected chi connectivity index (χ4v) is 2.42. The van der Waals surface area contributed by atoms with Crippen LogP contribution < -0.4 is 5.73 Å². The van der Waals surface area contributed by atoms with Crippen LogP contribution in [-0.2, 0) is 0 Å². The van der Waals surface area contributed by atoms with E-state index in [1.165, 1.54) is 6.07 Å². The van der Waals surface area contributed by atoms with Crippen molar-refractivity contribution in [2.75, 3.05) is 5.73 Å². The van der Waals surface area contributed by atoms with Gasteiger partial charge in [0.1, 0.15) is 11.5 Å². The average Bonchev–Trinajstić information content (AvgIpc) is 2.84. The van der Waals surface area contributed by atoms with Gasteiger partial charge in [-0.1, -0.05) is 23.4 Å². The van der Waals surface area contributed by atoms with Crippen molar-refractivity contribution in [1.29, 1.82) is 0 Å². The molecule has 3 rings (SSSR count). The lowest BCUT2D eigenvalue weighted by Crippen LogP contribution is -1.90. The van der Waals surface area contributed by atoms with E-state index in [2.05, 4.69) is 26.1 Å². The average molecular weight is 334 g/mol. The Morgan fingerprint density at radius 1 is 1.20 bits per heavy atom. The summed E-state index contributed by atoms with van der Waals surface area (Å²) < 4.78 is 19.0. The molecule has 0 aliphatic heterocycles. The minimum Gasteiger partial charge on any atom is -0.367 e. The number of anilines is 1. The third-order valence-electron chi connectivity index (χ3n) is 2.88. The second-order valence-electron chi connectivity index (χ2n) is 4.11. The molecule has 0 saturated carbocycles. The van der Waals surface area contributed by atoms with E-state index in [9.17, 15) is 4.39 Å². The minimum absolute atomic E-state index is 0.171. The second-order valence-corrected chi connectivity index (χ2v) is 4.91. The van der Waals surface area contributed by atoms with E-state index in [1.807, 2.05) is 6.07 Å². The van der Waals surface area contributed by atoms with Gasteiger partial charge in [-0.2, -0.15) is 0 Å². The molecule has 4 nitrogen and oxygen atoms in total. The lowest BCUT2D eigenvalue weighted by Gasteiger charge is -2.05. The van der Waals surface area contributed by atoms with Crippen molar-refractivity contribution in [1.82, 2.24) is 10.1 Å². The molecule has 0 aliphatic carbocycles. The molecular formula is C14H9BrFN3O. The van der Waals surface area contributed by atoms with Crippen LogP contribution in [0, 0.1) is 5.82 Å². The van der Waals surface area contributed by atoms with Gasteiger partial charge in [-0.25, -0.2) is 4.39 Å². The third-order valence-corrected chi connectivity index (χ3v) is 3.68. The Hall–Kier alpha value is -2.21. The zero-order valence-corrected chi connectivity index (χ0v) is 11.8. The Bertz CT molecular complexity index is 758. The van der Waals surface area contributed by atoms with Gasteiger partial charge in [-0.15, -0.1) is 0 Å². The van der Waals surface area contributed by atoms with Crippen molar-refractivity contribution >= 4 is 21.8 Å². The first kappa shape index (κ1) is 12.8. The van der Waals surface area contributed by atoms with Crippen molar-refractivity contribution in [3.63, 3.8) is 0 Å². The van der Waals surface area contributed by atoms with E-state index in [0.29, 0.717) is 21.3 Å². The molecule has 0 amide bonds. The summed E-state index contributed by atoms with van der Waals surface area (Å²) in [6, 6.07) is 8.33. The molecule has 6 heteroatoms. The molecule has 0 unspecified atom stereocenters. The van der Waals surface area contributed by atoms with Gasteiger partial charge in [0.05, 0.1) is 10.0 Å². The van der Waals surface area contributed by atoms with Gasteiger partial charge < -0.3 is 10.3 Å². The van der Waals surface area contributed by atoms with Gasteiger partial charge in [-0.05, 0) is 28.1 Å². The maximum absolute atomic E-state index is 13.7. The number of aromatic nitrogens is 2. The number of hydrogen-bond acceptors (Lipinski definition) is 4. The number of nitrogens with two attached hydrogens (primary N) is 1. The highest BCUT2D eigenvalue weighted by Crippen LogP contribution is 2.39. The summed E-state index contributed by atoms with van der Waals surface area (Å²) in [6.45, 7) is 0. The molecule has 2 aromatic heterocycles. The molecule has 2 heterocycles. The summed E-state index contributed by atoms with van der Waals surface area (Å²) in [5.74, 6) is -0.203. The molecule has 0 atom stereocenters. The number of benzene rings is 1. The lowest BCUT2D eigenvalue weighted by molar-refractivity contribution is 0.439. The predicted molar refractivity (Wildman–Crippen MR) is 77.2 cm³/mol. The number of nitrogen functional groups attached to an aromatic ring is 1. The number of halogens is 2. The van der Waals surface area contributed by atoms with Crippen LogP contribution in [0.15, 0.2) is 51.7 Å². The summed E-state index contributed by atoms with van der Waals surface area (Å²) in [6.07, 6.45) is 3.31. The SMILES string of the molecule is Nc1onc(-c2cccc(F)c2Br)c1-c1cccnc1. The van der Waals surface area contributed by atoms with E-state index >= 15 is 0 Å². The van der Waals surface area contributed by atoms with E-state index < -0.39 is 0 Å². The van der Waals surface area contributed by atoms with Gasteiger partial charge in [0.15, 0.2) is 0 Å². The molecule has 0 radical (unpaired) electrons. The van der Waals surface area contributed by atoms with Crippen LogP contribution in [0.4, 0.5) is 10.3 Å². The fraction of sp³-hybridized carbons (Fsp3) is 0. The monoisotopic (exact) mass is 333 g/mol. The van der Waals surface area contributed by atoms with Crippen molar-refractivity contribution in [3.05, 3.63) is 53.0 Å². The van der Waals surface area contributed by atoms with E-state index in [4.69, 9.17) is 10.3 Å². The first-order chi connectivity index (χ1) is 9.68. The van der Waals surface area contributed by atoms with Gasteiger partial charge in [0.2, 0.25) is 5.88 Å². The second kappa shape index (κ2) is 5.05. The highest BCUT2D eigenvalue weighted by molar-refractivity contribution is 9.10. The summed E-state index contributed by atoms with van der Waals surface area (Å²) in [7, 11) is 0. The number of hydrogen-bond donors (Lipinski definition) is 1. The van der Waals surface area contributed by atoms with Crippen LogP contribution in [0.1, 0.15) is 0 Å². The first-order valence-corrected chi connectivity index (χ1v) is 6.57. The van der Waals surface area contributed by atoms with Crippen LogP contribution in [0.25, 0.3) is 22.4 Å². The summed E-state index contributed by atoms with van der Waals surface area (Å²) >= 11 is 3.22. The molecule has 0 bridgehead atoms. The van der Waals surface area contributed by atoms with Gasteiger partial charge in [0.25, 0.3) is 0 Å². The van der Waals surface area contributed by atoms with Crippen molar-refractivity contribution < 1.29 is 8.91 Å². The maximum atomic E-state index is 13.7. The summed E-state index contributed by atoms with van der Waals surface area (Å²) in [5, 5.41) is 3.94. The molecule has 2 N–H and O–H groups in total. The molecule has 0 fully saturated rings. The van der Waals surface area contributed by atoms with Crippen LogP contribution in [-0.4, -0.2) is 10.1 Å². The predicted octanol–water partition coefficient (Wildman–Crippen LogP) is 3.89. The van der Waals surface area contributed by atoms with Crippen LogP contribution in [0.3, 0.4) is 0 Å². The molecule has 100 valence electrons. The number of nitrogens with zero attached hydrogens (tertiary/aromatic N) is 2. The molecule has 20 heavy (non-hydrogen) atoms. The Morgan fingerprint density at radius 3 is 2.80 bits per heavy atom. The first-order valence-electron chi connectivity index (χ1n) is 5.78. The van der Waals surface area contributed by atoms with E-state index in [-0.39, 0.29) is 11.7 Å². The van der Waals surface area contributed by atoms with Crippen molar-refractivity contribution in [3.8, 4) is 22.4 Å². The Balaban J connectivity index is 2.24. The molecular weight excluding hydrogens is 325 g/mol. The molecule has 0 saturated heterocycles. The molecule has 0 spiro atoms. The van der Waals surface area contributed by atoms with Crippen molar-refractivity contribution in [2.24, 2.45) is 0 Å². The van der Waals surface area contributed by atoms with Crippen molar-refractivity contribution in [2.45, 2.75) is 0 Å². The highest BCUT2D eigenvalue weighted by Gasteiger charge is 2.20.